The highest BCUT2D eigenvalue weighted by Crippen LogP contribution is 2.15. The van der Waals surface area contributed by atoms with E-state index in [4.69, 9.17) is 11.5 Å². The van der Waals surface area contributed by atoms with Gasteiger partial charge in [0.05, 0.1) is 6.04 Å². The molecule has 100 valence electrons. The lowest BCUT2D eigenvalue weighted by Gasteiger charge is -2.33. The van der Waals surface area contributed by atoms with Crippen LogP contribution in [0.3, 0.4) is 0 Å². The van der Waals surface area contributed by atoms with E-state index in [0.29, 0.717) is 6.54 Å². The molecule has 5 nitrogen and oxygen atoms in total. The minimum Gasteiger partial charge on any atom is -0.368 e. The summed E-state index contributed by atoms with van der Waals surface area (Å²) in [6.07, 6.45) is 5.10. The summed E-state index contributed by atoms with van der Waals surface area (Å²) in [5.74, 6) is -0.442. The van der Waals surface area contributed by atoms with Gasteiger partial charge in [-0.15, -0.1) is 0 Å². The van der Waals surface area contributed by atoms with Gasteiger partial charge in [-0.2, -0.15) is 0 Å². The number of hydrogen-bond donors (Lipinski definition) is 3. The number of hydrogen-bond acceptors (Lipinski definition) is 4. The number of amides is 1. The standard InChI is InChI=1S/C12H26N4O/c1-10-5-2-3-7-16(10)8-4-6-15-9-11(13)12(14)17/h10-11,15H,2-9,13H2,1H3,(H2,14,17). The van der Waals surface area contributed by atoms with Crippen LogP contribution >= 0.6 is 0 Å². The molecule has 1 saturated heterocycles. The number of likely N-dealkylation sites (tertiary alicyclic amines) is 1. The molecule has 0 saturated carbocycles. The van der Waals surface area contributed by atoms with E-state index in [0.717, 1.165) is 25.6 Å². The van der Waals surface area contributed by atoms with Gasteiger partial charge in [0.1, 0.15) is 0 Å². The molecular formula is C12H26N4O. The van der Waals surface area contributed by atoms with Crippen molar-refractivity contribution in [3.05, 3.63) is 0 Å². The van der Waals surface area contributed by atoms with E-state index in [1.54, 1.807) is 0 Å². The molecule has 0 spiro atoms. The Kier molecular flexibility index (Phi) is 6.47. The summed E-state index contributed by atoms with van der Waals surface area (Å²) < 4.78 is 0. The number of primary amides is 1. The van der Waals surface area contributed by atoms with Crippen molar-refractivity contribution in [1.82, 2.24) is 10.2 Å². The summed E-state index contributed by atoms with van der Waals surface area (Å²) >= 11 is 0. The lowest BCUT2D eigenvalue weighted by atomic mass is 10.0. The molecule has 0 bridgehead atoms. The fourth-order valence-electron chi connectivity index (χ4n) is 2.26. The van der Waals surface area contributed by atoms with Gasteiger partial charge in [0.25, 0.3) is 0 Å². The van der Waals surface area contributed by atoms with Crippen LogP contribution in [0.15, 0.2) is 0 Å². The summed E-state index contributed by atoms with van der Waals surface area (Å²) in [6.45, 7) is 6.02. The van der Waals surface area contributed by atoms with Crippen molar-refractivity contribution in [2.45, 2.75) is 44.7 Å². The predicted octanol–water partition coefficient (Wildman–Crippen LogP) is -0.347. The van der Waals surface area contributed by atoms with Crippen LogP contribution in [0.1, 0.15) is 32.6 Å². The van der Waals surface area contributed by atoms with Crippen molar-refractivity contribution in [3.8, 4) is 0 Å². The Morgan fingerprint density at radius 3 is 2.94 bits per heavy atom. The van der Waals surface area contributed by atoms with Crippen LogP contribution in [0.5, 0.6) is 0 Å². The molecule has 1 fully saturated rings. The Hall–Kier alpha value is -0.650. The summed E-state index contributed by atoms with van der Waals surface area (Å²) in [5, 5.41) is 3.17. The van der Waals surface area contributed by atoms with E-state index in [-0.39, 0.29) is 0 Å². The zero-order chi connectivity index (χ0) is 12.7. The molecule has 0 aliphatic carbocycles. The summed E-state index contributed by atoms with van der Waals surface area (Å²) in [6, 6.07) is 0.153. The molecule has 17 heavy (non-hydrogen) atoms. The van der Waals surface area contributed by atoms with Gasteiger partial charge in [-0.3, -0.25) is 4.79 Å². The van der Waals surface area contributed by atoms with Crippen molar-refractivity contribution in [1.29, 1.82) is 0 Å². The topological polar surface area (TPSA) is 84.4 Å². The molecule has 2 unspecified atom stereocenters. The molecule has 2 atom stereocenters. The lowest BCUT2D eigenvalue weighted by Crippen LogP contribution is -2.45. The van der Waals surface area contributed by atoms with Gasteiger partial charge in [-0.1, -0.05) is 6.42 Å². The fourth-order valence-corrected chi connectivity index (χ4v) is 2.26. The molecule has 0 aromatic heterocycles. The Labute approximate surface area is 104 Å². The highest BCUT2D eigenvalue weighted by Gasteiger charge is 2.17. The Morgan fingerprint density at radius 2 is 2.29 bits per heavy atom. The molecule has 0 aromatic rings. The van der Waals surface area contributed by atoms with E-state index in [2.05, 4.69) is 17.1 Å². The highest BCUT2D eigenvalue weighted by molar-refractivity contribution is 5.79. The average molecular weight is 242 g/mol. The maximum absolute atomic E-state index is 10.7. The van der Waals surface area contributed by atoms with Crippen LogP contribution < -0.4 is 16.8 Å². The first-order valence-electron chi connectivity index (χ1n) is 6.61. The fraction of sp³-hybridized carbons (Fsp3) is 0.917. The third kappa shape index (κ3) is 5.48. The first-order chi connectivity index (χ1) is 8.11. The monoisotopic (exact) mass is 242 g/mol. The van der Waals surface area contributed by atoms with Gasteiger partial charge in [-0.25, -0.2) is 0 Å². The van der Waals surface area contributed by atoms with E-state index >= 15 is 0 Å². The van der Waals surface area contributed by atoms with Gasteiger partial charge in [0.2, 0.25) is 5.91 Å². The SMILES string of the molecule is CC1CCCCN1CCCNCC(N)C(N)=O. The maximum atomic E-state index is 10.7. The quantitative estimate of drug-likeness (QED) is 0.533. The normalized spacial score (nSPS) is 23.5. The van der Waals surface area contributed by atoms with Gasteiger partial charge >= 0.3 is 0 Å². The van der Waals surface area contributed by atoms with Crippen molar-refractivity contribution >= 4 is 5.91 Å². The Bertz CT molecular complexity index is 235. The first-order valence-corrected chi connectivity index (χ1v) is 6.61. The zero-order valence-corrected chi connectivity index (χ0v) is 10.8. The van der Waals surface area contributed by atoms with Crippen molar-refractivity contribution in [2.75, 3.05) is 26.2 Å². The van der Waals surface area contributed by atoms with E-state index < -0.39 is 11.9 Å². The zero-order valence-electron chi connectivity index (χ0n) is 10.8. The largest absolute Gasteiger partial charge is 0.368 e. The van der Waals surface area contributed by atoms with Crippen molar-refractivity contribution in [3.63, 3.8) is 0 Å². The number of carbonyl (C=O) groups is 1. The summed E-state index contributed by atoms with van der Waals surface area (Å²) in [5.41, 5.74) is 10.6. The van der Waals surface area contributed by atoms with Crippen LogP contribution in [0.4, 0.5) is 0 Å². The molecule has 1 rings (SSSR count). The molecule has 5 N–H and O–H groups in total. The lowest BCUT2D eigenvalue weighted by molar-refractivity contribution is -0.119. The highest BCUT2D eigenvalue weighted by atomic mass is 16.1. The van der Waals surface area contributed by atoms with Gasteiger partial charge in [-0.05, 0) is 45.8 Å². The molecular weight excluding hydrogens is 216 g/mol. The number of nitrogens with zero attached hydrogens (tertiary/aromatic N) is 1. The number of nitrogens with two attached hydrogens (primary N) is 2. The molecule has 1 aliphatic heterocycles. The second-order valence-electron chi connectivity index (χ2n) is 4.95. The second kappa shape index (κ2) is 7.63. The van der Waals surface area contributed by atoms with E-state index in [9.17, 15) is 4.79 Å². The van der Waals surface area contributed by atoms with Crippen LogP contribution in [-0.2, 0) is 4.79 Å². The molecule has 1 heterocycles. The Morgan fingerprint density at radius 1 is 1.53 bits per heavy atom. The van der Waals surface area contributed by atoms with Crippen LogP contribution in [0, 0.1) is 0 Å². The number of carbonyl (C=O) groups excluding carboxylic acids is 1. The minimum atomic E-state index is -0.566. The number of piperidine rings is 1. The average Bonchev–Trinajstić information content (AvgIpc) is 2.30. The Balaban J connectivity index is 2.02. The van der Waals surface area contributed by atoms with Crippen LogP contribution in [0.25, 0.3) is 0 Å². The first kappa shape index (κ1) is 14.4. The minimum absolute atomic E-state index is 0.442. The van der Waals surface area contributed by atoms with E-state index in [1.807, 2.05) is 0 Å². The second-order valence-corrected chi connectivity index (χ2v) is 4.95. The number of nitrogens with one attached hydrogen (secondary N) is 1. The molecule has 0 radical (unpaired) electrons. The molecule has 1 aliphatic rings. The summed E-state index contributed by atoms with van der Waals surface area (Å²) in [4.78, 5) is 13.2. The third-order valence-electron chi connectivity index (χ3n) is 3.47. The van der Waals surface area contributed by atoms with Crippen LogP contribution in [-0.4, -0.2) is 49.1 Å². The number of rotatable bonds is 7. The maximum Gasteiger partial charge on any atom is 0.235 e. The van der Waals surface area contributed by atoms with Gasteiger partial charge in [0.15, 0.2) is 0 Å². The summed E-state index contributed by atoms with van der Waals surface area (Å²) in [7, 11) is 0. The van der Waals surface area contributed by atoms with Crippen LogP contribution in [0.2, 0.25) is 0 Å². The van der Waals surface area contributed by atoms with Gasteiger partial charge < -0.3 is 21.7 Å². The smallest absolute Gasteiger partial charge is 0.235 e. The third-order valence-corrected chi connectivity index (χ3v) is 3.47. The molecule has 5 heteroatoms. The molecule has 0 aromatic carbocycles. The van der Waals surface area contributed by atoms with E-state index in [1.165, 1.54) is 25.8 Å². The van der Waals surface area contributed by atoms with Crippen molar-refractivity contribution < 1.29 is 4.79 Å². The van der Waals surface area contributed by atoms with Crippen molar-refractivity contribution in [2.24, 2.45) is 11.5 Å². The van der Waals surface area contributed by atoms with Gasteiger partial charge in [0, 0.05) is 12.6 Å². The predicted molar refractivity (Wildman–Crippen MR) is 69.5 cm³/mol. The molecule has 1 amide bonds.